The van der Waals surface area contributed by atoms with Crippen LogP contribution in [0.4, 0.5) is 23.2 Å². The number of nitrogens with two attached hydrogens (primary N) is 1. The Morgan fingerprint density at radius 1 is 1.00 bits per heavy atom. The average molecular weight is 464 g/mol. The molecule has 4 atom stereocenters. The number of likely N-dealkylation sites (tertiary alicyclic amines) is 1. The molecule has 3 aliphatic rings. The predicted octanol–water partition coefficient (Wildman–Crippen LogP) is 5.27. The second kappa shape index (κ2) is 8.89. The van der Waals surface area contributed by atoms with E-state index in [-0.39, 0.29) is 29.9 Å². The van der Waals surface area contributed by atoms with E-state index in [0.29, 0.717) is 11.3 Å². The summed E-state index contributed by atoms with van der Waals surface area (Å²) >= 11 is 0. The lowest BCUT2D eigenvalue weighted by molar-refractivity contribution is -0.138. The highest BCUT2D eigenvalue weighted by Gasteiger charge is 2.44. The Kier molecular flexibility index (Phi) is 6.09. The van der Waals surface area contributed by atoms with Gasteiger partial charge in [0.15, 0.2) is 0 Å². The maximum Gasteiger partial charge on any atom is 0.416 e. The Balaban J connectivity index is 1.44. The molecule has 2 saturated heterocycles. The van der Waals surface area contributed by atoms with E-state index in [2.05, 4.69) is 10.2 Å². The number of halogens is 4. The molecule has 0 saturated carbocycles. The second-order valence-corrected chi connectivity index (χ2v) is 9.53. The first-order chi connectivity index (χ1) is 15.8. The lowest BCUT2D eigenvalue weighted by Gasteiger charge is -2.46. The quantitative estimate of drug-likeness (QED) is 0.609. The van der Waals surface area contributed by atoms with Crippen molar-refractivity contribution in [3.63, 3.8) is 0 Å². The van der Waals surface area contributed by atoms with Crippen LogP contribution in [-0.2, 0) is 10.9 Å². The van der Waals surface area contributed by atoms with E-state index >= 15 is 0 Å². The van der Waals surface area contributed by atoms with Gasteiger partial charge in [-0.15, -0.1) is 0 Å². The van der Waals surface area contributed by atoms with Crippen molar-refractivity contribution in [3.05, 3.63) is 65.0 Å². The van der Waals surface area contributed by atoms with E-state index in [1.54, 1.807) is 12.1 Å². The van der Waals surface area contributed by atoms with Gasteiger partial charge in [-0.1, -0.05) is 12.1 Å². The van der Waals surface area contributed by atoms with E-state index in [1.807, 2.05) is 0 Å². The van der Waals surface area contributed by atoms with E-state index in [1.165, 1.54) is 24.3 Å². The summed E-state index contributed by atoms with van der Waals surface area (Å²) in [5, 5.41) is 3.42. The molecule has 4 nitrogen and oxygen atoms in total. The van der Waals surface area contributed by atoms with Crippen molar-refractivity contribution in [3.8, 4) is 0 Å². The standard InChI is InChI=1S/C25H29F4N3O/c26-17-4-1-15(2-5-17)23-20-7-6-19(14-32-11-9-18(30)10-12-32)33-24(20)21-13-16(25(27,28)29)3-8-22(21)31-23/h1-5,8,13,18-20,23-24,31H,6-7,9-12,14,30H2/t19-,20+,23+,24+/m1/s1. The normalized spacial score (nSPS) is 28.6. The van der Waals surface area contributed by atoms with Crippen LogP contribution in [0.15, 0.2) is 42.5 Å². The Morgan fingerprint density at radius 2 is 1.73 bits per heavy atom. The summed E-state index contributed by atoms with van der Waals surface area (Å²) < 4.78 is 60.4. The van der Waals surface area contributed by atoms with Crippen LogP contribution in [0.1, 0.15) is 54.5 Å². The minimum absolute atomic E-state index is 0.0440. The third-order valence-corrected chi connectivity index (χ3v) is 7.30. The van der Waals surface area contributed by atoms with Gasteiger partial charge in [0.1, 0.15) is 5.82 Å². The van der Waals surface area contributed by atoms with Crippen molar-refractivity contribution in [2.75, 3.05) is 25.0 Å². The Morgan fingerprint density at radius 3 is 2.42 bits per heavy atom. The summed E-state index contributed by atoms with van der Waals surface area (Å²) in [6.07, 6.45) is -1.37. The summed E-state index contributed by atoms with van der Waals surface area (Å²) in [4.78, 5) is 2.35. The zero-order valence-electron chi connectivity index (χ0n) is 18.3. The van der Waals surface area contributed by atoms with Crippen molar-refractivity contribution in [2.45, 2.75) is 56.2 Å². The fraction of sp³-hybridized carbons (Fsp3) is 0.520. The number of alkyl halides is 3. The fourth-order valence-corrected chi connectivity index (χ4v) is 5.49. The largest absolute Gasteiger partial charge is 0.416 e. The van der Waals surface area contributed by atoms with Gasteiger partial charge >= 0.3 is 6.18 Å². The molecule has 0 amide bonds. The van der Waals surface area contributed by atoms with Gasteiger partial charge in [-0.2, -0.15) is 13.2 Å². The molecule has 33 heavy (non-hydrogen) atoms. The Labute approximate surface area is 191 Å². The number of nitrogens with zero attached hydrogens (tertiary/aromatic N) is 1. The number of hydrogen-bond acceptors (Lipinski definition) is 4. The molecule has 178 valence electrons. The lowest BCUT2D eigenvalue weighted by Crippen LogP contribution is -2.46. The third-order valence-electron chi connectivity index (χ3n) is 7.30. The fourth-order valence-electron chi connectivity index (χ4n) is 5.49. The van der Waals surface area contributed by atoms with Gasteiger partial charge in [-0.05, 0) is 74.7 Å². The summed E-state index contributed by atoms with van der Waals surface area (Å²) in [7, 11) is 0. The van der Waals surface area contributed by atoms with Crippen molar-refractivity contribution in [2.24, 2.45) is 11.7 Å². The highest BCUT2D eigenvalue weighted by atomic mass is 19.4. The maximum absolute atomic E-state index is 13.5. The molecular weight excluding hydrogens is 434 g/mol. The molecule has 2 aromatic rings. The number of nitrogens with one attached hydrogen (secondary N) is 1. The van der Waals surface area contributed by atoms with Crippen molar-refractivity contribution in [1.82, 2.24) is 4.90 Å². The molecule has 8 heteroatoms. The topological polar surface area (TPSA) is 50.5 Å². The summed E-state index contributed by atoms with van der Waals surface area (Å²) in [5.74, 6) is -0.361. The molecule has 0 bridgehead atoms. The number of ether oxygens (including phenoxy) is 1. The van der Waals surface area contributed by atoms with Crippen LogP contribution in [0.2, 0.25) is 0 Å². The Bertz CT molecular complexity index is 973. The molecule has 0 unspecified atom stereocenters. The van der Waals surface area contributed by atoms with Gasteiger partial charge in [0, 0.05) is 29.8 Å². The molecule has 3 N–H and O–H groups in total. The van der Waals surface area contributed by atoms with Crippen LogP contribution in [0, 0.1) is 11.7 Å². The molecule has 0 spiro atoms. The van der Waals surface area contributed by atoms with Crippen LogP contribution in [-0.4, -0.2) is 36.7 Å². The smallest absolute Gasteiger partial charge is 0.378 e. The molecule has 0 aromatic heterocycles. The summed E-state index contributed by atoms with van der Waals surface area (Å²) in [5.41, 5.74) is 7.45. The SMILES string of the molecule is NC1CCN(C[C@H]2CC[C@@H]3[C@H](O2)c2cc(C(F)(F)F)ccc2N[C@H]3c2ccc(F)cc2)CC1. The monoisotopic (exact) mass is 463 g/mol. The van der Waals surface area contributed by atoms with Gasteiger partial charge < -0.3 is 20.7 Å². The third kappa shape index (κ3) is 4.74. The van der Waals surface area contributed by atoms with Crippen LogP contribution in [0.5, 0.6) is 0 Å². The predicted molar refractivity (Wildman–Crippen MR) is 118 cm³/mol. The molecule has 0 aliphatic carbocycles. The van der Waals surface area contributed by atoms with Gasteiger partial charge in [0.05, 0.1) is 23.8 Å². The first-order valence-electron chi connectivity index (χ1n) is 11.6. The minimum atomic E-state index is -4.42. The van der Waals surface area contributed by atoms with Crippen LogP contribution < -0.4 is 11.1 Å². The van der Waals surface area contributed by atoms with E-state index in [4.69, 9.17) is 10.5 Å². The first kappa shape index (κ1) is 22.6. The van der Waals surface area contributed by atoms with Crippen LogP contribution in [0.25, 0.3) is 0 Å². The zero-order chi connectivity index (χ0) is 23.2. The lowest BCUT2D eigenvalue weighted by atomic mass is 9.76. The van der Waals surface area contributed by atoms with Crippen molar-refractivity contribution < 1.29 is 22.3 Å². The highest BCUT2D eigenvalue weighted by Crippen LogP contribution is 2.51. The number of hydrogen-bond donors (Lipinski definition) is 2. The van der Waals surface area contributed by atoms with Crippen molar-refractivity contribution >= 4 is 5.69 Å². The maximum atomic E-state index is 13.5. The highest BCUT2D eigenvalue weighted by molar-refractivity contribution is 5.58. The van der Waals surface area contributed by atoms with E-state index < -0.39 is 17.8 Å². The first-order valence-corrected chi connectivity index (χ1v) is 11.6. The summed E-state index contributed by atoms with van der Waals surface area (Å²) in [6, 6.07) is 10.2. The zero-order valence-corrected chi connectivity index (χ0v) is 18.3. The van der Waals surface area contributed by atoms with Gasteiger partial charge in [0.2, 0.25) is 0 Å². The molecule has 2 aromatic carbocycles. The minimum Gasteiger partial charge on any atom is -0.378 e. The number of fused-ring (bicyclic) bond motifs is 3. The molecule has 3 heterocycles. The van der Waals surface area contributed by atoms with Gasteiger partial charge in [-0.25, -0.2) is 4.39 Å². The molecule has 3 aliphatic heterocycles. The van der Waals surface area contributed by atoms with Gasteiger partial charge in [0.25, 0.3) is 0 Å². The number of anilines is 1. The van der Waals surface area contributed by atoms with E-state index in [9.17, 15) is 17.6 Å². The number of piperidine rings is 1. The molecule has 5 rings (SSSR count). The molecule has 0 radical (unpaired) electrons. The van der Waals surface area contributed by atoms with Crippen LogP contribution in [0.3, 0.4) is 0 Å². The van der Waals surface area contributed by atoms with E-state index in [0.717, 1.165) is 56.9 Å². The average Bonchev–Trinajstić information content (AvgIpc) is 2.80. The van der Waals surface area contributed by atoms with Gasteiger partial charge in [-0.3, -0.25) is 0 Å². The number of benzene rings is 2. The summed E-state index contributed by atoms with van der Waals surface area (Å²) in [6.45, 7) is 2.60. The molecular formula is C25H29F4N3O. The Hall–Kier alpha value is -2.16. The molecule has 2 fully saturated rings. The van der Waals surface area contributed by atoms with Crippen molar-refractivity contribution in [1.29, 1.82) is 0 Å². The number of rotatable bonds is 3. The van der Waals surface area contributed by atoms with Crippen LogP contribution >= 0.6 is 0 Å². The second-order valence-electron chi connectivity index (χ2n) is 9.53.